The Morgan fingerprint density at radius 2 is 2.50 bits per heavy atom. The molecule has 0 aliphatic carbocycles. The molecule has 0 spiro atoms. The Morgan fingerprint density at radius 3 is 2.50 bits per heavy atom. The molecule has 0 saturated heterocycles. The number of rotatable bonds is 1. The van der Waals surface area contributed by atoms with Crippen molar-refractivity contribution in [3.8, 4) is 6.26 Å². The van der Waals surface area contributed by atoms with Gasteiger partial charge in [0.25, 0.3) is 6.26 Å². The lowest BCUT2D eigenvalue weighted by Crippen LogP contribution is -1.90. The number of ether oxygens (including phenoxy) is 1. The molecule has 1 radical (unpaired) electrons. The first-order valence-corrected chi connectivity index (χ1v) is 1.73. The fraction of sp³-hybridized carbons (Fsp3) is 0.333. The van der Waals surface area contributed by atoms with Crippen molar-refractivity contribution in [1.29, 1.82) is 5.26 Å². The highest BCUT2D eigenvalue weighted by Gasteiger charge is 1.87. The summed E-state index contributed by atoms with van der Waals surface area (Å²) >= 11 is 5.02. The van der Waals surface area contributed by atoms with Gasteiger partial charge in [-0.3, -0.25) is 0 Å². The van der Waals surface area contributed by atoms with Crippen molar-refractivity contribution in [3.63, 3.8) is 0 Å². The Kier molecular flexibility index (Phi) is 2.60. The fourth-order valence-corrected chi connectivity index (χ4v) is 0.0970. The molecule has 0 aromatic rings. The van der Waals surface area contributed by atoms with Crippen molar-refractivity contribution >= 4 is 11.6 Å². The van der Waals surface area contributed by atoms with Crippen molar-refractivity contribution in [3.05, 3.63) is 6.92 Å². The second-order valence-electron chi connectivity index (χ2n) is 0.619. The average molecular weight is 105 g/mol. The third kappa shape index (κ3) is 3.58. The van der Waals surface area contributed by atoms with E-state index in [0.717, 1.165) is 0 Å². The molecule has 0 aromatic carbocycles. The van der Waals surface area contributed by atoms with Gasteiger partial charge in [0.1, 0.15) is 0 Å². The summed E-state index contributed by atoms with van der Waals surface area (Å²) in [6, 6.07) is 0. The van der Waals surface area contributed by atoms with E-state index in [9.17, 15) is 0 Å². The molecular weight excluding hydrogens is 101 g/mol. The van der Waals surface area contributed by atoms with E-state index in [1.54, 1.807) is 0 Å². The van der Waals surface area contributed by atoms with Crippen LogP contribution in [0.2, 0.25) is 0 Å². The van der Waals surface area contributed by atoms with Gasteiger partial charge in [0.05, 0.1) is 0 Å². The molecule has 0 N–H and O–H groups in total. The predicted molar refractivity (Wildman–Crippen MR) is 21.7 cm³/mol. The smallest absolute Gasteiger partial charge is 0.287 e. The van der Waals surface area contributed by atoms with E-state index in [0.29, 0.717) is 0 Å². The van der Waals surface area contributed by atoms with E-state index >= 15 is 0 Å². The number of hydrogen-bond donors (Lipinski definition) is 0. The zero-order chi connectivity index (χ0) is 4.99. The summed E-state index contributed by atoms with van der Waals surface area (Å²) in [5.41, 5.74) is -0.741. The summed E-state index contributed by atoms with van der Waals surface area (Å²) < 4.78 is 4.00. The molecule has 1 unspecified atom stereocenters. The Bertz CT molecular complexity index is 65.7. The highest BCUT2D eigenvalue weighted by molar-refractivity contribution is 6.20. The van der Waals surface area contributed by atoms with Crippen LogP contribution in [0, 0.1) is 18.4 Å². The number of halogens is 1. The Hall–Kier alpha value is -0.420. The second-order valence-corrected chi connectivity index (χ2v) is 1.11. The molecule has 0 aliphatic rings. The molecule has 0 saturated carbocycles. The van der Waals surface area contributed by atoms with Crippen LogP contribution in [0.15, 0.2) is 0 Å². The largest absolute Gasteiger partial charge is 0.408 e. The zero-order valence-corrected chi connectivity index (χ0v) is 3.77. The predicted octanol–water partition coefficient (Wildman–Crippen LogP) is 0.883. The van der Waals surface area contributed by atoms with E-state index in [1.165, 1.54) is 6.26 Å². The van der Waals surface area contributed by atoms with Crippen molar-refractivity contribution in [1.82, 2.24) is 0 Å². The number of nitriles is 1. The average Bonchev–Trinajstić information content (AvgIpc) is 1.35. The van der Waals surface area contributed by atoms with Crippen LogP contribution in [0.5, 0.6) is 0 Å². The van der Waals surface area contributed by atoms with Gasteiger partial charge in [0.15, 0.2) is 5.56 Å². The summed E-state index contributed by atoms with van der Waals surface area (Å²) in [7, 11) is 0. The van der Waals surface area contributed by atoms with Gasteiger partial charge in [0, 0.05) is 6.92 Å². The van der Waals surface area contributed by atoms with Crippen LogP contribution in [0.1, 0.15) is 0 Å². The SMILES string of the molecule is [CH2]C(Cl)OC#N. The van der Waals surface area contributed by atoms with E-state index in [2.05, 4.69) is 11.7 Å². The minimum Gasteiger partial charge on any atom is -0.408 e. The first-order chi connectivity index (χ1) is 2.77. The van der Waals surface area contributed by atoms with Gasteiger partial charge in [-0.15, -0.1) is 0 Å². The van der Waals surface area contributed by atoms with Gasteiger partial charge in [0.2, 0.25) is 0 Å². The van der Waals surface area contributed by atoms with E-state index in [1.807, 2.05) is 0 Å². The Morgan fingerprint density at radius 1 is 2.00 bits per heavy atom. The molecule has 0 bridgehead atoms. The number of nitrogens with zero attached hydrogens (tertiary/aromatic N) is 1. The number of alkyl halides is 1. The molecule has 0 aromatic heterocycles. The van der Waals surface area contributed by atoms with Crippen LogP contribution in [-0.2, 0) is 4.74 Å². The lowest BCUT2D eigenvalue weighted by molar-refractivity contribution is 0.275. The molecule has 6 heavy (non-hydrogen) atoms. The molecule has 2 nitrogen and oxygen atoms in total. The molecule has 3 heteroatoms. The maximum Gasteiger partial charge on any atom is 0.287 e. The summed E-state index contributed by atoms with van der Waals surface area (Å²) in [5.74, 6) is 0. The summed E-state index contributed by atoms with van der Waals surface area (Å²) in [6.45, 7) is 3.15. The quantitative estimate of drug-likeness (QED) is 0.366. The van der Waals surface area contributed by atoms with Crippen molar-refractivity contribution in [2.75, 3.05) is 0 Å². The minimum absolute atomic E-state index is 0.741. The van der Waals surface area contributed by atoms with Gasteiger partial charge in [-0.25, -0.2) is 0 Å². The van der Waals surface area contributed by atoms with Crippen LogP contribution in [0.25, 0.3) is 0 Å². The second kappa shape index (κ2) is 2.80. The first kappa shape index (κ1) is 5.58. The van der Waals surface area contributed by atoms with Gasteiger partial charge < -0.3 is 4.74 Å². The summed E-state index contributed by atoms with van der Waals surface area (Å²) in [5, 5.41) is 7.64. The third-order valence-corrected chi connectivity index (χ3v) is 0.270. The van der Waals surface area contributed by atoms with Crippen molar-refractivity contribution < 1.29 is 4.74 Å². The summed E-state index contributed by atoms with van der Waals surface area (Å²) in [6.07, 6.45) is 1.37. The maximum atomic E-state index is 7.64. The highest BCUT2D eigenvalue weighted by atomic mass is 35.5. The lowest BCUT2D eigenvalue weighted by Gasteiger charge is -1.90. The maximum absolute atomic E-state index is 7.64. The minimum atomic E-state index is -0.741. The van der Waals surface area contributed by atoms with Gasteiger partial charge in [-0.1, -0.05) is 11.6 Å². The van der Waals surface area contributed by atoms with Gasteiger partial charge >= 0.3 is 0 Å². The molecule has 0 fully saturated rings. The van der Waals surface area contributed by atoms with Crippen molar-refractivity contribution in [2.24, 2.45) is 0 Å². The van der Waals surface area contributed by atoms with Crippen LogP contribution in [-0.4, -0.2) is 5.56 Å². The van der Waals surface area contributed by atoms with Crippen LogP contribution in [0.3, 0.4) is 0 Å². The van der Waals surface area contributed by atoms with E-state index in [-0.39, 0.29) is 0 Å². The normalized spacial score (nSPS) is 12.2. The topological polar surface area (TPSA) is 33.0 Å². The monoisotopic (exact) mass is 104 g/mol. The van der Waals surface area contributed by atoms with Gasteiger partial charge in [-0.05, 0) is 0 Å². The van der Waals surface area contributed by atoms with Gasteiger partial charge in [-0.2, -0.15) is 5.26 Å². The Balaban J connectivity index is 2.88. The van der Waals surface area contributed by atoms with Crippen LogP contribution < -0.4 is 0 Å². The highest BCUT2D eigenvalue weighted by Crippen LogP contribution is 1.90. The number of hydrogen-bond acceptors (Lipinski definition) is 2. The van der Waals surface area contributed by atoms with Crippen LogP contribution in [0.4, 0.5) is 0 Å². The van der Waals surface area contributed by atoms with E-state index in [4.69, 9.17) is 16.9 Å². The zero-order valence-electron chi connectivity index (χ0n) is 3.02. The molecule has 1 atom stereocenters. The van der Waals surface area contributed by atoms with Crippen molar-refractivity contribution in [2.45, 2.75) is 5.56 Å². The molecule has 33 valence electrons. The molecular formula is C3H3ClNO. The molecule has 0 aliphatic heterocycles. The molecule has 0 rings (SSSR count). The third-order valence-electron chi connectivity index (χ3n) is 0.181. The van der Waals surface area contributed by atoms with E-state index < -0.39 is 5.56 Å². The summed E-state index contributed by atoms with van der Waals surface area (Å²) in [4.78, 5) is 0. The van der Waals surface area contributed by atoms with Crippen LogP contribution >= 0.6 is 11.6 Å². The standard InChI is InChI=1S/C3H3ClNO/c1-3(4)6-2-5/h3H,1H2. The molecule has 0 amide bonds. The molecule has 0 heterocycles. The Labute approximate surface area is 41.3 Å². The lowest BCUT2D eigenvalue weighted by atomic mass is 10.9. The first-order valence-electron chi connectivity index (χ1n) is 1.29. The fourth-order valence-electron chi connectivity index (χ4n) is 0.0572.